The summed E-state index contributed by atoms with van der Waals surface area (Å²) < 4.78 is 15.4. The maximum Gasteiger partial charge on any atom is 0.149 e. The van der Waals surface area contributed by atoms with Gasteiger partial charge in [0.2, 0.25) is 0 Å². The Kier molecular flexibility index (Phi) is 3.42. The molecule has 0 fully saturated rings. The van der Waals surface area contributed by atoms with E-state index in [1.807, 2.05) is 25.5 Å². The summed E-state index contributed by atoms with van der Waals surface area (Å²) in [6, 6.07) is 5.37. The molecule has 0 aliphatic heterocycles. The van der Waals surface area contributed by atoms with Crippen LogP contribution in [-0.4, -0.2) is 16.3 Å². The Hall–Kier alpha value is -1.84. The van der Waals surface area contributed by atoms with Crippen LogP contribution >= 0.6 is 0 Å². The van der Waals surface area contributed by atoms with E-state index in [0.29, 0.717) is 17.8 Å². The molecule has 17 heavy (non-hydrogen) atoms. The summed E-state index contributed by atoms with van der Waals surface area (Å²) in [5, 5.41) is 7.19. The zero-order valence-electron chi connectivity index (χ0n) is 10.1. The Labute approximate surface area is 100 Å². The van der Waals surface area contributed by atoms with Gasteiger partial charge in [0.25, 0.3) is 0 Å². The molecule has 0 radical (unpaired) electrons. The van der Waals surface area contributed by atoms with E-state index in [-0.39, 0.29) is 5.82 Å². The summed E-state index contributed by atoms with van der Waals surface area (Å²) in [5.41, 5.74) is 2.37. The van der Waals surface area contributed by atoms with Gasteiger partial charge in [-0.15, -0.1) is 0 Å². The fourth-order valence-electron chi connectivity index (χ4n) is 1.73. The largest absolute Gasteiger partial charge is 0.382 e. The lowest BCUT2D eigenvalue weighted by atomic mass is 10.2. The molecule has 0 atom stereocenters. The van der Waals surface area contributed by atoms with E-state index in [0.717, 1.165) is 12.0 Å². The summed E-state index contributed by atoms with van der Waals surface area (Å²) in [6.07, 6.45) is 4.63. The van der Waals surface area contributed by atoms with E-state index in [1.54, 1.807) is 23.7 Å². The molecule has 0 bridgehead atoms. The van der Waals surface area contributed by atoms with Gasteiger partial charge in [0, 0.05) is 19.8 Å². The first-order valence-electron chi connectivity index (χ1n) is 5.63. The maximum atomic E-state index is 13.7. The quantitative estimate of drug-likeness (QED) is 0.879. The second-order valence-electron chi connectivity index (χ2n) is 4.14. The highest BCUT2D eigenvalue weighted by molar-refractivity contribution is 5.47. The van der Waals surface area contributed by atoms with Gasteiger partial charge >= 0.3 is 0 Å². The van der Waals surface area contributed by atoms with E-state index < -0.39 is 0 Å². The van der Waals surface area contributed by atoms with Gasteiger partial charge in [-0.3, -0.25) is 4.68 Å². The average molecular weight is 233 g/mol. The number of hydrogen-bond donors (Lipinski definition) is 1. The molecule has 2 rings (SSSR count). The van der Waals surface area contributed by atoms with Crippen molar-refractivity contribution in [3.05, 3.63) is 47.5 Å². The summed E-state index contributed by atoms with van der Waals surface area (Å²) >= 11 is 0. The molecule has 0 spiro atoms. The molecule has 1 aromatic heterocycles. The Morgan fingerprint density at radius 3 is 2.94 bits per heavy atom. The van der Waals surface area contributed by atoms with E-state index in [1.165, 1.54) is 0 Å². The second-order valence-corrected chi connectivity index (χ2v) is 4.14. The standard InChI is InChI=1S/C13H16FN3/c1-10-4-3-5-12(13(10)14)15-7-6-11-8-16-17(2)9-11/h3-5,8-9,15H,6-7H2,1-2H3. The number of anilines is 1. The van der Waals surface area contributed by atoms with Crippen LogP contribution in [0, 0.1) is 12.7 Å². The van der Waals surface area contributed by atoms with Gasteiger partial charge in [-0.05, 0) is 30.5 Å². The minimum atomic E-state index is -0.168. The highest BCUT2D eigenvalue weighted by Gasteiger charge is 2.03. The Balaban J connectivity index is 1.92. The molecule has 2 aromatic rings. The van der Waals surface area contributed by atoms with Crippen molar-refractivity contribution in [1.29, 1.82) is 0 Å². The normalized spacial score (nSPS) is 10.5. The lowest BCUT2D eigenvalue weighted by molar-refractivity contribution is 0.621. The van der Waals surface area contributed by atoms with Crippen LogP contribution in [0.5, 0.6) is 0 Å². The van der Waals surface area contributed by atoms with Crippen LogP contribution in [-0.2, 0) is 13.5 Å². The summed E-state index contributed by atoms with van der Waals surface area (Å²) in [7, 11) is 1.89. The zero-order valence-corrected chi connectivity index (χ0v) is 10.1. The molecule has 0 unspecified atom stereocenters. The molecule has 90 valence electrons. The number of benzene rings is 1. The third-order valence-corrected chi connectivity index (χ3v) is 2.68. The van der Waals surface area contributed by atoms with Crippen LogP contribution in [0.2, 0.25) is 0 Å². The Bertz CT molecular complexity index is 505. The fourth-order valence-corrected chi connectivity index (χ4v) is 1.73. The van der Waals surface area contributed by atoms with Crippen LogP contribution in [0.3, 0.4) is 0 Å². The molecule has 1 heterocycles. The molecule has 0 saturated carbocycles. The molecule has 1 aromatic carbocycles. The number of halogens is 1. The molecule has 0 aliphatic rings. The lowest BCUT2D eigenvalue weighted by Crippen LogP contribution is -2.06. The Morgan fingerprint density at radius 1 is 1.41 bits per heavy atom. The average Bonchev–Trinajstić information content (AvgIpc) is 2.70. The maximum absolute atomic E-state index is 13.7. The molecule has 3 nitrogen and oxygen atoms in total. The van der Waals surface area contributed by atoms with Crippen molar-refractivity contribution in [1.82, 2.24) is 9.78 Å². The third-order valence-electron chi connectivity index (χ3n) is 2.68. The van der Waals surface area contributed by atoms with Crippen molar-refractivity contribution in [3.8, 4) is 0 Å². The van der Waals surface area contributed by atoms with Crippen LogP contribution in [0.4, 0.5) is 10.1 Å². The number of nitrogens with zero attached hydrogens (tertiary/aromatic N) is 2. The van der Waals surface area contributed by atoms with Gasteiger partial charge in [-0.25, -0.2) is 4.39 Å². The molecule has 0 aliphatic carbocycles. The van der Waals surface area contributed by atoms with E-state index in [9.17, 15) is 4.39 Å². The fraction of sp³-hybridized carbons (Fsp3) is 0.308. The van der Waals surface area contributed by atoms with Crippen molar-refractivity contribution < 1.29 is 4.39 Å². The van der Waals surface area contributed by atoms with Crippen molar-refractivity contribution in [2.75, 3.05) is 11.9 Å². The topological polar surface area (TPSA) is 29.9 Å². The van der Waals surface area contributed by atoms with Crippen molar-refractivity contribution in [2.24, 2.45) is 7.05 Å². The van der Waals surface area contributed by atoms with Crippen molar-refractivity contribution in [2.45, 2.75) is 13.3 Å². The number of nitrogens with one attached hydrogen (secondary N) is 1. The second kappa shape index (κ2) is 4.99. The SMILES string of the molecule is Cc1cccc(NCCc2cnn(C)c2)c1F. The number of aryl methyl sites for hydroxylation is 2. The summed E-state index contributed by atoms with van der Waals surface area (Å²) in [4.78, 5) is 0. The van der Waals surface area contributed by atoms with Gasteiger partial charge in [0.15, 0.2) is 0 Å². The predicted octanol–water partition coefficient (Wildman–Crippen LogP) is 2.52. The monoisotopic (exact) mass is 233 g/mol. The predicted molar refractivity (Wildman–Crippen MR) is 66.5 cm³/mol. The number of hydrogen-bond acceptors (Lipinski definition) is 2. The highest BCUT2D eigenvalue weighted by Crippen LogP contribution is 2.16. The summed E-state index contributed by atoms with van der Waals surface area (Å²) in [6.45, 7) is 2.47. The van der Waals surface area contributed by atoms with Crippen molar-refractivity contribution in [3.63, 3.8) is 0 Å². The van der Waals surface area contributed by atoms with Crippen molar-refractivity contribution >= 4 is 5.69 Å². The van der Waals surface area contributed by atoms with Crippen LogP contribution in [0.15, 0.2) is 30.6 Å². The van der Waals surface area contributed by atoms with E-state index in [2.05, 4.69) is 10.4 Å². The first-order valence-corrected chi connectivity index (χ1v) is 5.63. The number of rotatable bonds is 4. The molecular formula is C13H16FN3. The van der Waals surface area contributed by atoms with Gasteiger partial charge in [-0.1, -0.05) is 12.1 Å². The third kappa shape index (κ3) is 2.84. The van der Waals surface area contributed by atoms with Gasteiger partial charge in [0.1, 0.15) is 5.82 Å². The first kappa shape index (κ1) is 11.6. The molecule has 0 amide bonds. The van der Waals surface area contributed by atoms with Crippen LogP contribution in [0.25, 0.3) is 0 Å². The summed E-state index contributed by atoms with van der Waals surface area (Å²) in [5.74, 6) is -0.168. The molecule has 0 saturated heterocycles. The van der Waals surface area contributed by atoms with Gasteiger partial charge in [-0.2, -0.15) is 5.10 Å². The Morgan fingerprint density at radius 2 is 2.24 bits per heavy atom. The van der Waals surface area contributed by atoms with E-state index >= 15 is 0 Å². The first-order chi connectivity index (χ1) is 8.16. The van der Waals surface area contributed by atoms with E-state index in [4.69, 9.17) is 0 Å². The molecular weight excluding hydrogens is 217 g/mol. The van der Waals surface area contributed by atoms with Gasteiger partial charge in [0.05, 0.1) is 11.9 Å². The molecule has 1 N–H and O–H groups in total. The minimum absolute atomic E-state index is 0.168. The van der Waals surface area contributed by atoms with Crippen LogP contribution < -0.4 is 5.32 Å². The minimum Gasteiger partial charge on any atom is -0.382 e. The number of aromatic nitrogens is 2. The van der Waals surface area contributed by atoms with Gasteiger partial charge < -0.3 is 5.32 Å². The molecule has 4 heteroatoms. The highest BCUT2D eigenvalue weighted by atomic mass is 19.1. The lowest BCUT2D eigenvalue weighted by Gasteiger charge is -2.08. The smallest absolute Gasteiger partial charge is 0.149 e. The zero-order chi connectivity index (χ0) is 12.3. The van der Waals surface area contributed by atoms with Crippen LogP contribution in [0.1, 0.15) is 11.1 Å².